The molecular formula is C20H19NO5. The first-order valence-corrected chi connectivity index (χ1v) is 8.42. The van der Waals surface area contributed by atoms with Gasteiger partial charge in [0.1, 0.15) is 5.75 Å². The van der Waals surface area contributed by atoms with Crippen LogP contribution >= 0.6 is 0 Å². The number of hydrogen-bond acceptors (Lipinski definition) is 5. The van der Waals surface area contributed by atoms with Gasteiger partial charge in [0.2, 0.25) is 0 Å². The smallest absolute Gasteiger partial charge is 0.336 e. The van der Waals surface area contributed by atoms with E-state index in [4.69, 9.17) is 9.57 Å². The Morgan fingerprint density at radius 3 is 2.12 bits per heavy atom. The molecule has 1 atom stereocenters. The maximum absolute atomic E-state index is 12.3. The number of carbonyl (C=O) groups excluding carboxylic acids is 3. The summed E-state index contributed by atoms with van der Waals surface area (Å²) >= 11 is 0. The molecule has 1 aliphatic rings. The second-order valence-electron chi connectivity index (χ2n) is 6.04. The highest BCUT2D eigenvalue weighted by molar-refractivity contribution is 6.20. The van der Waals surface area contributed by atoms with Crippen LogP contribution in [-0.4, -0.2) is 29.5 Å². The van der Waals surface area contributed by atoms with Crippen LogP contribution in [0.15, 0.2) is 48.5 Å². The number of hydrogen-bond donors (Lipinski definition) is 0. The van der Waals surface area contributed by atoms with Gasteiger partial charge in [-0.2, -0.15) is 0 Å². The molecule has 2 aromatic carbocycles. The minimum absolute atomic E-state index is 0.240. The van der Waals surface area contributed by atoms with Gasteiger partial charge in [-0.1, -0.05) is 36.3 Å². The predicted octanol–water partition coefficient (Wildman–Crippen LogP) is 3.02. The highest BCUT2D eigenvalue weighted by atomic mass is 16.7. The number of fused-ring (bicyclic) bond motifs is 1. The summed E-state index contributed by atoms with van der Waals surface area (Å²) < 4.78 is 5.38. The molecule has 0 aromatic heterocycles. The van der Waals surface area contributed by atoms with E-state index in [1.807, 2.05) is 31.2 Å². The Kier molecular flexibility index (Phi) is 5.02. The summed E-state index contributed by atoms with van der Waals surface area (Å²) in [7, 11) is 0. The van der Waals surface area contributed by atoms with Crippen LogP contribution in [0.25, 0.3) is 0 Å². The van der Waals surface area contributed by atoms with Crippen molar-refractivity contribution in [3.63, 3.8) is 0 Å². The summed E-state index contributed by atoms with van der Waals surface area (Å²) in [5.41, 5.74) is 1.41. The molecule has 0 spiro atoms. The van der Waals surface area contributed by atoms with E-state index in [9.17, 15) is 14.4 Å². The van der Waals surface area contributed by atoms with Crippen molar-refractivity contribution in [1.82, 2.24) is 5.06 Å². The molecule has 0 radical (unpaired) electrons. The standard InChI is InChI=1S/C20H19NO5/c1-3-25-15-10-8-14(9-11-15)12-13(2)20(24)26-21-18(22)16-6-4-5-7-17(16)19(21)23/h4-11,13H,3,12H2,1-2H3. The molecule has 3 rings (SSSR count). The maximum Gasteiger partial charge on any atom is 0.336 e. The molecule has 0 saturated carbocycles. The maximum atomic E-state index is 12.3. The van der Waals surface area contributed by atoms with Gasteiger partial charge in [0.25, 0.3) is 11.8 Å². The number of ether oxygens (including phenoxy) is 1. The van der Waals surface area contributed by atoms with Crippen LogP contribution in [0.4, 0.5) is 0 Å². The zero-order valence-electron chi connectivity index (χ0n) is 14.6. The number of amides is 2. The SMILES string of the molecule is CCOc1ccc(CC(C)C(=O)ON2C(=O)c3ccccc3C2=O)cc1. The third-order valence-corrected chi connectivity index (χ3v) is 4.12. The normalized spacial score (nSPS) is 14.2. The Hall–Kier alpha value is -3.15. The molecule has 134 valence electrons. The highest BCUT2D eigenvalue weighted by Gasteiger charge is 2.39. The first kappa shape index (κ1) is 17.7. The largest absolute Gasteiger partial charge is 0.494 e. The van der Waals surface area contributed by atoms with E-state index in [0.29, 0.717) is 18.1 Å². The fourth-order valence-corrected chi connectivity index (χ4v) is 2.76. The van der Waals surface area contributed by atoms with Crippen molar-refractivity contribution in [2.24, 2.45) is 5.92 Å². The molecule has 26 heavy (non-hydrogen) atoms. The molecule has 6 nitrogen and oxygen atoms in total. The van der Waals surface area contributed by atoms with Gasteiger partial charge in [-0.3, -0.25) is 9.59 Å². The van der Waals surface area contributed by atoms with E-state index in [1.165, 1.54) is 12.1 Å². The molecule has 2 aromatic rings. The summed E-state index contributed by atoms with van der Waals surface area (Å²) in [4.78, 5) is 41.9. The van der Waals surface area contributed by atoms with E-state index in [0.717, 1.165) is 11.3 Å². The average molecular weight is 353 g/mol. The van der Waals surface area contributed by atoms with Crippen molar-refractivity contribution in [1.29, 1.82) is 0 Å². The van der Waals surface area contributed by atoms with Crippen LogP contribution in [0.1, 0.15) is 40.1 Å². The van der Waals surface area contributed by atoms with Gasteiger partial charge >= 0.3 is 5.97 Å². The molecule has 0 bridgehead atoms. The van der Waals surface area contributed by atoms with E-state index < -0.39 is 23.7 Å². The van der Waals surface area contributed by atoms with Gasteiger partial charge in [-0.25, -0.2) is 4.79 Å². The quantitative estimate of drug-likeness (QED) is 0.747. The van der Waals surface area contributed by atoms with Crippen molar-refractivity contribution < 1.29 is 24.0 Å². The number of rotatable bonds is 6. The molecule has 0 aliphatic carbocycles. The van der Waals surface area contributed by atoms with Crippen LogP contribution in [-0.2, 0) is 16.1 Å². The Morgan fingerprint density at radius 1 is 1.00 bits per heavy atom. The van der Waals surface area contributed by atoms with E-state index >= 15 is 0 Å². The molecule has 6 heteroatoms. The first-order chi connectivity index (χ1) is 12.5. The summed E-state index contributed by atoms with van der Waals surface area (Å²) in [6.45, 7) is 4.19. The second kappa shape index (κ2) is 7.39. The van der Waals surface area contributed by atoms with Crippen LogP contribution in [0.2, 0.25) is 0 Å². The number of nitrogens with zero attached hydrogens (tertiary/aromatic N) is 1. The Labute approximate surface area is 151 Å². The lowest BCUT2D eigenvalue weighted by Gasteiger charge is -2.16. The Balaban J connectivity index is 1.63. The molecule has 1 unspecified atom stereocenters. The van der Waals surface area contributed by atoms with Gasteiger partial charge in [0, 0.05) is 0 Å². The van der Waals surface area contributed by atoms with Gasteiger partial charge in [0.15, 0.2) is 0 Å². The van der Waals surface area contributed by atoms with Crippen LogP contribution in [0.3, 0.4) is 0 Å². The summed E-state index contributed by atoms with van der Waals surface area (Å²) in [5, 5.41) is 0.543. The van der Waals surface area contributed by atoms with E-state index in [1.54, 1.807) is 19.1 Å². The molecule has 1 heterocycles. The molecular weight excluding hydrogens is 334 g/mol. The minimum Gasteiger partial charge on any atom is -0.494 e. The lowest BCUT2D eigenvalue weighted by Crippen LogP contribution is -2.35. The number of hydroxylamine groups is 2. The number of carbonyl (C=O) groups is 3. The molecule has 0 saturated heterocycles. The summed E-state index contributed by atoms with van der Waals surface area (Å²) in [6, 6.07) is 13.8. The fourth-order valence-electron chi connectivity index (χ4n) is 2.76. The highest BCUT2D eigenvalue weighted by Crippen LogP contribution is 2.24. The lowest BCUT2D eigenvalue weighted by atomic mass is 10.0. The van der Waals surface area contributed by atoms with Gasteiger partial charge in [-0.05, 0) is 43.2 Å². The summed E-state index contributed by atoms with van der Waals surface area (Å²) in [6.07, 6.45) is 0.425. The minimum atomic E-state index is -0.631. The summed E-state index contributed by atoms with van der Waals surface area (Å²) in [5.74, 6) is -1.62. The van der Waals surface area contributed by atoms with Crippen LogP contribution in [0.5, 0.6) is 5.75 Å². The topological polar surface area (TPSA) is 72.9 Å². The first-order valence-electron chi connectivity index (χ1n) is 8.42. The van der Waals surface area contributed by atoms with Crippen molar-refractivity contribution in [2.75, 3.05) is 6.61 Å². The fraction of sp³-hybridized carbons (Fsp3) is 0.250. The molecule has 0 fully saturated rings. The van der Waals surface area contributed by atoms with Crippen molar-refractivity contribution in [3.8, 4) is 5.75 Å². The van der Waals surface area contributed by atoms with E-state index in [2.05, 4.69) is 0 Å². The van der Waals surface area contributed by atoms with Crippen molar-refractivity contribution >= 4 is 17.8 Å². The van der Waals surface area contributed by atoms with Gasteiger partial charge in [-0.15, -0.1) is 0 Å². The zero-order valence-corrected chi connectivity index (χ0v) is 14.6. The predicted molar refractivity (Wildman–Crippen MR) is 93.5 cm³/mol. The number of imide groups is 1. The van der Waals surface area contributed by atoms with Crippen LogP contribution < -0.4 is 4.74 Å². The van der Waals surface area contributed by atoms with Crippen molar-refractivity contribution in [2.45, 2.75) is 20.3 Å². The van der Waals surface area contributed by atoms with E-state index in [-0.39, 0.29) is 11.1 Å². The van der Waals surface area contributed by atoms with Crippen LogP contribution in [0, 0.1) is 5.92 Å². The van der Waals surface area contributed by atoms with Gasteiger partial charge in [0.05, 0.1) is 23.7 Å². The number of benzene rings is 2. The second-order valence-corrected chi connectivity index (χ2v) is 6.04. The lowest BCUT2D eigenvalue weighted by molar-refractivity contribution is -0.173. The molecule has 1 aliphatic heterocycles. The average Bonchev–Trinajstić information content (AvgIpc) is 2.89. The Morgan fingerprint density at radius 2 is 1.58 bits per heavy atom. The third-order valence-electron chi connectivity index (χ3n) is 4.12. The van der Waals surface area contributed by atoms with Gasteiger partial charge < -0.3 is 9.57 Å². The molecule has 0 N–H and O–H groups in total. The van der Waals surface area contributed by atoms with Crippen molar-refractivity contribution in [3.05, 3.63) is 65.2 Å². The molecule has 2 amide bonds. The Bertz CT molecular complexity index is 809. The third kappa shape index (κ3) is 3.44. The monoisotopic (exact) mass is 353 g/mol. The zero-order chi connectivity index (χ0) is 18.7.